The predicted octanol–water partition coefficient (Wildman–Crippen LogP) is 3.75. The zero-order valence-corrected chi connectivity index (χ0v) is 11.9. The van der Waals surface area contributed by atoms with E-state index in [4.69, 9.17) is 27.9 Å². The Kier molecular flexibility index (Phi) is 6.10. The third-order valence-electron chi connectivity index (χ3n) is 2.25. The molecule has 1 aromatic rings. The number of carbonyl (C=O) groups is 1. The molecule has 0 fully saturated rings. The number of nitrogens with one attached hydrogen (secondary N) is 1. The van der Waals surface area contributed by atoms with Crippen LogP contribution in [0, 0.1) is 0 Å². The lowest BCUT2D eigenvalue weighted by Crippen LogP contribution is -2.37. The van der Waals surface area contributed by atoms with E-state index < -0.39 is 24.7 Å². The predicted molar refractivity (Wildman–Crippen MR) is 69.9 cm³/mol. The Labute approximate surface area is 124 Å². The first kappa shape index (κ1) is 17.1. The second-order valence-corrected chi connectivity index (χ2v) is 4.76. The molecule has 3 nitrogen and oxygen atoms in total. The zero-order chi connectivity index (χ0) is 15.3. The van der Waals surface area contributed by atoms with Crippen LogP contribution in [0.4, 0.5) is 13.2 Å². The van der Waals surface area contributed by atoms with Gasteiger partial charge in [-0.25, -0.2) is 4.79 Å². The highest BCUT2D eigenvalue weighted by molar-refractivity contribution is 6.34. The molecular formula is C12H12Cl2F3NO2. The second-order valence-electron chi connectivity index (χ2n) is 3.88. The maximum atomic E-state index is 12.3. The molecule has 1 atom stereocenters. The van der Waals surface area contributed by atoms with E-state index in [2.05, 4.69) is 5.32 Å². The van der Waals surface area contributed by atoms with Crippen molar-refractivity contribution in [1.29, 1.82) is 0 Å². The number of benzene rings is 1. The fraction of sp³-hybridized carbons (Fsp3) is 0.417. The molecule has 20 heavy (non-hydrogen) atoms. The fourth-order valence-electron chi connectivity index (χ4n) is 1.52. The lowest BCUT2D eigenvalue weighted by Gasteiger charge is -2.19. The van der Waals surface area contributed by atoms with Crippen LogP contribution >= 0.6 is 23.2 Å². The van der Waals surface area contributed by atoms with Gasteiger partial charge in [-0.1, -0.05) is 23.2 Å². The van der Waals surface area contributed by atoms with Gasteiger partial charge in [-0.2, -0.15) is 13.2 Å². The summed E-state index contributed by atoms with van der Waals surface area (Å²) in [6.07, 6.45) is -4.45. The van der Waals surface area contributed by atoms with Gasteiger partial charge in [-0.05, 0) is 30.7 Å². The largest absolute Gasteiger partial charge is 0.465 e. The van der Waals surface area contributed by atoms with Crippen molar-refractivity contribution in [2.75, 3.05) is 13.2 Å². The van der Waals surface area contributed by atoms with Crippen LogP contribution in [0.5, 0.6) is 0 Å². The van der Waals surface area contributed by atoms with E-state index in [1.807, 2.05) is 0 Å². The molecule has 0 aliphatic rings. The molecule has 0 aliphatic carbocycles. The van der Waals surface area contributed by atoms with Crippen molar-refractivity contribution < 1.29 is 22.7 Å². The molecule has 0 saturated heterocycles. The Balaban J connectivity index is 2.99. The molecule has 0 radical (unpaired) electrons. The van der Waals surface area contributed by atoms with E-state index in [0.717, 1.165) is 0 Å². The SMILES string of the molecule is CCOC(=O)C(NCC(F)(F)F)c1cc(Cl)cc(Cl)c1. The number of ether oxygens (including phenoxy) is 1. The van der Waals surface area contributed by atoms with Crippen molar-refractivity contribution in [2.24, 2.45) is 0 Å². The summed E-state index contributed by atoms with van der Waals surface area (Å²) in [5, 5.41) is 2.53. The van der Waals surface area contributed by atoms with Gasteiger partial charge in [0.15, 0.2) is 0 Å². The molecule has 8 heteroatoms. The first-order valence-corrected chi connectivity index (χ1v) is 6.41. The molecule has 0 bridgehead atoms. The highest BCUT2D eigenvalue weighted by Gasteiger charge is 2.31. The van der Waals surface area contributed by atoms with Crippen LogP contribution in [0.25, 0.3) is 0 Å². The van der Waals surface area contributed by atoms with Crippen LogP contribution in [0.15, 0.2) is 18.2 Å². The summed E-state index contributed by atoms with van der Waals surface area (Å²) in [4.78, 5) is 11.7. The smallest absolute Gasteiger partial charge is 0.401 e. The van der Waals surface area contributed by atoms with Crippen molar-refractivity contribution in [1.82, 2.24) is 5.32 Å². The van der Waals surface area contributed by atoms with Crippen molar-refractivity contribution in [3.05, 3.63) is 33.8 Å². The molecule has 1 N–H and O–H groups in total. The number of halogens is 5. The Bertz CT molecular complexity index is 460. The summed E-state index contributed by atoms with van der Waals surface area (Å²) in [6.45, 7) is 0.279. The van der Waals surface area contributed by atoms with Crippen molar-refractivity contribution in [3.63, 3.8) is 0 Å². The minimum Gasteiger partial charge on any atom is -0.465 e. The maximum absolute atomic E-state index is 12.3. The molecule has 0 amide bonds. The van der Waals surface area contributed by atoms with E-state index >= 15 is 0 Å². The average molecular weight is 330 g/mol. The molecule has 1 rings (SSSR count). The minimum absolute atomic E-state index is 0.0529. The topological polar surface area (TPSA) is 38.3 Å². The average Bonchev–Trinajstić information content (AvgIpc) is 2.26. The standard InChI is InChI=1S/C12H12Cl2F3NO2/c1-2-20-11(19)10(18-6-12(15,16)17)7-3-8(13)5-9(14)4-7/h3-5,10,18H,2,6H2,1H3. The second kappa shape index (κ2) is 7.15. The number of alkyl halides is 3. The Morgan fingerprint density at radius 3 is 2.30 bits per heavy atom. The van der Waals surface area contributed by atoms with Crippen LogP contribution in [0.2, 0.25) is 10.0 Å². The summed E-state index contributed by atoms with van der Waals surface area (Å²) in [6, 6.07) is 2.85. The minimum atomic E-state index is -4.45. The summed E-state index contributed by atoms with van der Waals surface area (Å²) >= 11 is 11.6. The number of carbonyl (C=O) groups excluding carboxylic acids is 1. The van der Waals surface area contributed by atoms with E-state index in [1.165, 1.54) is 18.2 Å². The van der Waals surface area contributed by atoms with Crippen LogP contribution in [0.1, 0.15) is 18.5 Å². The quantitative estimate of drug-likeness (QED) is 0.836. The summed E-state index contributed by atoms with van der Waals surface area (Å²) < 4.78 is 41.6. The highest BCUT2D eigenvalue weighted by Crippen LogP contribution is 2.25. The van der Waals surface area contributed by atoms with E-state index in [9.17, 15) is 18.0 Å². The van der Waals surface area contributed by atoms with Gasteiger partial charge in [0.05, 0.1) is 13.2 Å². The number of hydrogen-bond acceptors (Lipinski definition) is 3. The molecule has 0 aliphatic heterocycles. The number of hydrogen-bond donors (Lipinski definition) is 1. The summed E-state index contributed by atoms with van der Waals surface area (Å²) in [5.41, 5.74) is 0.213. The van der Waals surface area contributed by atoms with Crippen molar-refractivity contribution >= 4 is 29.2 Å². The molecule has 112 valence electrons. The molecule has 0 saturated carbocycles. The Hall–Kier alpha value is -0.980. The van der Waals surface area contributed by atoms with Crippen LogP contribution in [-0.2, 0) is 9.53 Å². The normalized spacial score (nSPS) is 13.1. The van der Waals surface area contributed by atoms with Crippen LogP contribution in [-0.4, -0.2) is 25.3 Å². The molecule has 0 spiro atoms. The molecule has 1 unspecified atom stereocenters. The zero-order valence-electron chi connectivity index (χ0n) is 10.4. The highest BCUT2D eigenvalue weighted by atomic mass is 35.5. The van der Waals surface area contributed by atoms with Gasteiger partial charge in [-0.3, -0.25) is 5.32 Å². The van der Waals surface area contributed by atoms with Gasteiger partial charge in [0, 0.05) is 10.0 Å². The van der Waals surface area contributed by atoms with Gasteiger partial charge >= 0.3 is 12.1 Å². The third kappa shape index (κ3) is 5.56. The van der Waals surface area contributed by atoms with Gasteiger partial charge in [0.1, 0.15) is 6.04 Å². The van der Waals surface area contributed by atoms with E-state index in [1.54, 1.807) is 6.92 Å². The maximum Gasteiger partial charge on any atom is 0.401 e. The van der Waals surface area contributed by atoms with E-state index in [0.29, 0.717) is 0 Å². The van der Waals surface area contributed by atoms with Gasteiger partial charge < -0.3 is 4.74 Å². The Morgan fingerprint density at radius 2 is 1.85 bits per heavy atom. The lowest BCUT2D eigenvalue weighted by atomic mass is 10.1. The van der Waals surface area contributed by atoms with Gasteiger partial charge in [-0.15, -0.1) is 0 Å². The molecular weight excluding hydrogens is 318 g/mol. The lowest BCUT2D eigenvalue weighted by molar-refractivity contribution is -0.149. The van der Waals surface area contributed by atoms with Crippen LogP contribution in [0.3, 0.4) is 0 Å². The molecule has 0 heterocycles. The van der Waals surface area contributed by atoms with Gasteiger partial charge in [0.25, 0.3) is 0 Å². The summed E-state index contributed by atoms with van der Waals surface area (Å²) in [7, 11) is 0. The van der Waals surface area contributed by atoms with Crippen LogP contribution < -0.4 is 5.32 Å². The Morgan fingerprint density at radius 1 is 1.30 bits per heavy atom. The first-order chi connectivity index (χ1) is 9.23. The molecule has 1 aromatic carbocycles. The first-order valence-electron chi connectivity index (χ1n) is 5.65. The third-order valence-corrected chi connectivity index (χ3v) is 2.68. The number of esters is 1. The number of rotatable bonds is 5. The van der Waals surface area contributed by atoms with Crippen molar-refractivity contribution in [2.45, 2.75) is 19.1 Å². The van der Waals surface area contributed by atoms with Crippen molar-refractivity contribution in [3.8, 4) is 0 Å². The van der Waals surface area contributed by atoms with Gasteiger partial charge in [0.2, 0.25) is 0 Å². The monoisotopic (exact) mass is 329 g/mol. The van der Waals surface area contributed by atoms with E-state index in [-0.39, 0.29) is 22.2 Å². The fourth-order valence-corrected chi connectivity index (χ4v) is 2.07. The molecule has 0 aromatic heterocycles. The summed E-state index contributed by atoms with van der Waals surface area (Å²) in [5.74, 6) is -0.824.